The first-order valence-corrected chi connectivity index (χ1v) is 6.79. The summed E-state index contributed by atoms with van der Waals surface area (Å²) in [6.45, 7) is 3.96. The van der Waals surface area contributed by atoms with Crippen molar-refractivity contribution in [2.75, 3.05) is 5.75 Å². The third kappa shape index (κ3) is 12.9. The van der Waals surface area contributed by atoms with Gasteiger partial charge in [0.05, 0.1) is 0 Å². The summed E-state index contributed by atoms with van der Waals surface area (Å²) in [6, 6.07) is 0.249. The minimum atomic E-state index is 0. The van der Waals surface area contributed by atoms with Crippen LogP contribution in [0.2, 0.25) is 0 Å². The molecule has 0 radical (unpaired) electrons. The Morgan fingerprint density at radius 1 is 1.25 bits per heavy atom. The van der Waals surface area contributed by atoms with Crippen LogP contribution in [0.5, 0.6) is 0 Å². The smallest absolute Gasteiger partial charge is 0.220 e. The average Bonchev–Trinajstić information content (AvgIpc) is 2.12. The van der Waals surface area contributed by atoms with E-state index in [4.69, 9.17) is 0 Å². The molecule has 92 valence electrons. The van der Waals surface area contributed by atoms with Crippen molar-refractivity contribution in [3.63, 3.8) is 0 Å². The second-order valence-corrected chi connectivity index (χ2v) is 5.31. The van der Waals surface area contributed by atoms with Gasteiger partial charge in [-0.15, -0.1) is 0 Å². The first kappa shape index (κ1) is 19.1. The van der Waals surface area contributed by atoms with Gasteiger partial charge in [0.2, 0.25) is 5.91 Å². The van der Waals surface area contributed by atoms with Gasteiger partial charge in [0.25, 0.3) is 0 Å². The number of carbonyl (C=O) groups is 1. The molecular formula is C11H23NOS2Zn. The van der Waals surface area contributed by atoms with Crippen molar-refractivity contribution in [3.8, 4) is 0 Å². The monoisotopic (exact) mass is 313 g/mol. The number of hydrogen-bond acceptors (Lipinski definition) is 3. The van der Waals surface area contributed by atoms with Gasteiger partial charge in [0, 0.05) is 37.2 Å². The zero-order chi connectivity index (χ0) is 11.7. The van der Waals surface area contributed by atoms with Crippen LogP contribution in [0.3, 0.4) is 0 Å². The molecule has 1 amide bonds. The second-order valence-electron chi connectivity index (χ2n) is 4.13. The summed E-state index contributed by atoms with van der Waals surface area (Å²) in [7, 11) is 0. The number of unbranched alkanes of at least 4 members (excludes halogenated alkanes) is 1. The Morgan fingerprint density at radius 3 is 2.38 bits per heavy atom. The molecule has 1 atom stereocenters. The van der Waals surface area contributed by atoms with Crippen molar-refractivity contribution in [1.82, 2.24) is 5.32 Å². The summed E-state index contributed by atoms with van der Waals surface area (Å²) < 4.78 is 0. The van der Waals surface area contributed by atoms with E-state index in [-0.39, 0.29) is 31.4 Å². The molecule has 1 unspecified atom stereocenters. The molecule has 0 saturated carbocycles. The first-order valence-electron chi connectivity index (χ1n) is 5.64. The van der Waals surface area contributed by atoms with Gasteiger partial charge in [-0.3, -0.25) is 4.79 Å². The largest absolute Gasteiger partial charge is 0.354 e. The van der Waals surface area contributed by atoms with Crippen LogP contribution in [0, 0.1) is 0 Å². The fourth-order valence-electron chi connectivity index (χ4n) is 1.35. The Kier molecular flexibility index (Phi) is 14.7. The van der Waals surface area contributed by atoms with E-state index in [0.717, 1.165) is 31.4 Å². The van der Waals surface area contributed by atoms with Crippen LogP contribution in [0.15, 0.2) is 0 Å². The van der Waals surface area contributed by atoms with Crippen LogP contribution in [-0.2, 0) is 24.3 Å². The van der Waals surface area contributed by atoms with E-state index >= 15 is 0 Å². The maximum absolute atomic E-state index is 11.3. The fourth-order valence-corrected chi connectivity index (χ4v) is 2.18. The molecule has 0 fully saturated rings. The predicted molar refractivity (Wildman–Crippen MR) is 73.0 cm³/mol. The van der Waals surface area contributed by atoms with E-state index in [9.17, 15) is 4.79 Å². The molecule has 0 rings (SSSR count). The normalized spacial score (nSPS) is 12.1. The van der Waals surface area contributed by atoms with Gasteiger partial charge >= 0.3 is 0 Å². The van der Waals surface area contributed by atoms with Gasteiger partial charge < -0.3 is 5.32 Å². The van der Waals surface area contributed by atoms with E-state index in [0.29, 0.717) is 11.7 Å². The minimum Gasteiger partial charge on any atom is -0.354 e. The molecule has 1 N–H and O–H groups in total. The predicted octanol–water partition coefficient (Wildman–Crippen LogP) is 2.69. The minimum absolute atomic E-state index is 0. The van der Waals surface area contributed by atoms with Crippen LogP contribution in [0.25, 0.3) is 0 Å². The van der Waals surface area contributed by atoms with E-state index in [1.165, 1.54) is 0 Å². The number of hydrogen-bond donors (Lipinski definition) is 3. The van der Waals surface area contributed by atoms with Crippen LogP contribution in [-0.4, -0.2) is 23.0 Å². The van der Waals surface area contributed by atoms with Crippen LogP contribution >= 0.6 is 25.3 Å². The van der Waals surface area contributed by atoms with Crippen molar-refractivity contribution in [3.05, 3.63) is 0 Å². The zero-order valence-electron chi connectivity index (χ0n) is 10.4. The molecule has 0 heterocycles. The molecule has 0 aliphatic rings. The molecule has 0 bridgehead atoms. The zero-order valence-corrected chi connectivity index (χ0v) is 15.2. The SMILES string of the molecule is CC(C)NC(=O)CCCCC(S)CCS.[Zn]. The molecule has 0 aliphatic heterocycles. The third-order valence-corrected chi connectivity index (χ3v) is 2.88. The van der Waals surface area contributed by atoms with E-state index in [2.05, 4.69) is 30.6 Å². The second kappa shape index (κ2) is 12.3. The van der Waals surface area contributed by atoms with Gasteiger partial charge in [-0.25, -0.2) is 0 Å². The Hall–Kier alpha value is 0.793. The standard InChI is InChI=1S/C11H23NOS2.Zn/c1-9(2)12-11(13)6-4-3-5-10(15)7-8-14;/h9-10,14-15H,3-8H2,1-2H3,(H,12,13);. The van der Waals surface area contributed by atoms with E-state index < -0.39 is 0 Å². The fraction of sp³-hybridized carbons (Fsp3) is 0.909. The Morgan fingerprint density at radius 2 is 1.88 bits per heavy atom. The van der Waals surface area contributed by atoms with Crippen molar-refractivity contribution in [1.29, 1.82) is 0 Å². The molecule has 0 spiro atoms. The Labute approximate surface area is 123 Å². The number of thiol groups is 2. The third-order valence-electron chi connectivity index (χ3n) is 2.10. The Bertz CT molecular complexity index is 179. The number of rotatable bonds is 8. The van der Waals surface area contributed by atoms with Crippen LogP contribution in [0.4, 0.5) is 0 Å². The average molecular weight is 315 g/mol. The Balaban J connectivity index is 0. The quantitative estimate of drug-likeness (QED) is 0.359. The molecular weight excluding hydrogens is 292 g/mol. The van der Waals surface area contributed by atoms with Crippen molar-refractivity contribution < 1.29 is 24.3 Å². The number of amides is 1. The molecule has 5 heteroatoms. The number of nitrogens with one attached hydrogen (secondary N) is 1. The van der Waals surface area contributed by atoms with Gasteiger partial charge in [-0.05, 0) is 38.9 Å². The summed E-state index contributed by atoms with van der Waals surface area (Å²) in [5.74, 6) is 1.05. The molecule has 2 nitrogen and oxygen atoms in total. The van der Waals surface area contributed by atoms with Gasteiger partial charge in [0.15, 0.2) is 0 Å². The maximum Gasteiger partial charge on any atom is 0.220 e. The van der Waals surface area contributed by atoms with E-state index in [1.807, 2.05) is 13.8 Å². The van der Waals surface area contributed by atoms with Crippen molar-refractivity contribution >= 4 is 31.2 Å². The van der Waals surface area contributed by atoms with Crippen molar-refractivity contribution in [2.45, 2.75) is 57.2 Å². The van der Waals surface area contributed by atoms with Gasteiger partial charge in [-0.1, -0.05) is 6.42 Å². The summed E-state index contributed by atoms with van der Waals surface area (Å²) >= 11 is 8.60. The van der Waals surface area contributed by atoms with Crippen LogP contribution < -0.4 is 5.32 Å². The van der Waals surface area contributed by atoms with Gasteiger partial charge in [0.1, 0.15) is 0 Å². The topological polar surface area (TPSA) is 29.1 Å². The summed E-state index contributed by atoms with van der Waals surface area (Å²) in [5.41, 5.74) is 0. The van der Waals surface area contributed by atoms with Crippen LogP contribution in [0.1, 0.15) is 46.0 Å². The summed E-state index contributed by atoms with van der Waals surface area (Å²) in [5, 5.41) is 3.33. The van der Waals surface area contributed by atoms with Gasteiger partial charge in [-0.2, -0.15) is 25.3 Å². The van der Waals surface area contributed by atoms with Crippen molar-refractivity contribution in [2.24, 2.45) is 0 Å². The maximum atomic E-state index is 11.3. The summed E-state index contributed by atoms with van der Waals surface area (Å²) in [6.07, 6.45) is 4.80. The molecule has 0 aromatic carbocycles. The molecule has 0 aromatic rings. The first-order chi connectivity index (χ1) is 7.06. The molecule has 0 saturated heterocycles. The summed E-state index contributed by atoms with van der Waals surface area (Å²) in [4.78, 5) is 11.3. The molecule has 0 aliphatic carbocycles. The molecule has 0 aromatic heterocycles. The number of carbonyl (C=O) groups excluding carboxylic acids is 1. The molecule has 16 heavy (non-hydrogen) atoms. The van der Waals surface area contributed by atoms with E-state index in [1.54, 1.807) is 0 Å².